The third-order valence-electron chi connectivity index (χ3n) is 3.98. The maximum Gasteiger partial charge on any atom is 0.254 e. The SMILES string of the molecule is COc1cccc(C(=O)N2CCN(Cc3ccc(Br)s3)CC2)c1. The van der Waals surface area contributed by atoms with E-state index in [9.17, 15) is 4.79 Å². The number of hydrogen-bond acceptors (Lipinski definition) is 4. The molecule has 1 aromatic carbocycles. The Bertz CT molecular complexity index is 681. The van der Waals surface area contributed by atoms with Gasteiger partial charge in [-0.25, -0.2) is 0 Å². The van der Waals surface area contributed by atoms with Crippen LogP contribution >= 0.6 is 27.3 Å². The summed E-state index contributed by atoms with van der Waals surface area (Å²) in [5.74, 6) is 0.806. The minimum Gasteiger partial charge on any atom is -0.497 e. The first-order chi connectivity index (χ1) is 11.2. The number of carbonyl (C=O) groups is 1. The Morgan fingerprint density at radius 3 is 2.65 bits per heavy atom. The number of ether oxygens (including phenoxy) is 1. The highest BCUT2D eigenvalue weighted by Gasteiger charge is 2.22. The molecule has 0 aliphatic carbocycles. The maximum absolute atomic E-state index is 12.6. The Labute approximate surface area is 148 Å². The quantitative estimate of drug-likeness (QED) is 0.795. The number of methoxy groups -OCH3 is 1. The molecule has 4 nitrogen and oxygen atoms in total. The van der Waals surface area contributed by atoms with Gasteiger partial charge in [0.1, 0.15) is 5.75 Å². The van der Waals surface area contributed by atoms with Gasteiger partial charge in [0.2, 0.25) is 0 Å². The van der Waals surface area contributed by atoms with Crippen LogP contribution in [-0.2, 0) is 6.54 Å². The molecule has 122 valence electrons. The molecule has 1 aliphatic rings. The van der Waals surface area contributed by atoms with Gasteiger partial charge in [0.15, 0.2) is 0 Å². The van der Waals surface area contributed by atoms with Gasteiger partial charge < -0.3 is 9.64 Å². The topological polar surface area (TPSA) is 32.8 Å². The number of rotatable bonds is 4. The van der Waals surface area contributed by atoms with Crippen molar-refractivity contribution in [2.45, 2.75) is 6.54 Å². The van der Waals surface area contributed by atoms with Gasteiger partial charge >= 0.3 is 0 Å². The minimum atomic E-state index is 0.0856. The van der Waals surface area contributed by atoms with Crippen LogP contribution in [0.15, 0.2) is 40.2 Å². The van der Waals surface area contributed by atoms with Gasteiger partial charge in [-0.05, 0) is 46.3 Å². The first-order valence-corrected chi connectivity index (χ1v) is 9.16. The predicted octanol–water partition coefficient (Wildman–Crippen LogP) is 3.48. The Morgan fingerprint density at radius 1 is 1.22 bits per heavy atom. The van der Waals surface area contributed by atoms with E-state index in [1.165, 1.54) is 8.66 Å². The van der Waals surface area contributed by atoms with Gasteiger partial charge in [0.05, 0.1) is 10.9 Å². The largest absolute Gasteiger partial charge is 0.497 e. The number of piperazine rings is 1. The maximum atomic E-state index is 12.6. The van der Waals surface area contributed by atoms with E-state index in [-0.39, 0.29) is 5.91 Å². The van der Waals surface area contributed by atoms with Crippen molar-refractivity contribution < 1.29 is 9.53 Å². The van der Waals surface area contributed by atoms with Crippen molar-refractivity contribution in [1.29, 1.82) is 0 Å². The number of nitrogens with zero attached hydrogens (tertiary/aromatic N) is 2. The molecular formula is C17H19BrN2O2S. The van der Waals surface area contributed by atoms with Crippen LogP contribution in [0.3, 0.4) is 0 Å². The molecule has 3 rings (SSSR count). The van der Waals surface area contributed by atoms with Crippen LogP contribution in [0.4, 0.5) is 0 Å². The predicted molar refractivity (Wildman–Crippen MR) is 96.2 cm³/mol. The fraction of sp³-hybridized carbons (Fsp3) is 0.353. The molecule has 1 saturated heterocycles. The number of carbonyl (C=O) groups excluding carboxylic acids is 1. The van der Waals surface area contributed by atoms with Gasteiger partial charge in [-0.2, -0.15) is 0 Å². The Morgan fingerprint density at radius 2 is 2.00 bits per heavy atom. The van der Waals surface area contributed by atoms with E-state index in [1.807, 2.05) is 23.1 Å². The van der Waals surface area contributed by atoms with Crippen LogP contribution in [0.2, 0.25) is 0 Å². The van der Waals surface area contributed by atoms with Gasteiger partial charge in [0, 0.05) is 43.2 Å². The zero-order valence-corrected chi connectivity index (χ0v) is 15.4. The van der Waals surface area contributed by atoms with E-state index in [2.05, 4.69) is 33.0 Å². The minimum absolute atomic E-state index is 0.0856. The van der Waals surface area contributed by atoms with Crippen molar-refractivity contribution in [2.75, 3.05) is 33.3 Å². The van der Waals surface area contributed by atoms with Crippen LogP contribution in [0, 0.1) is 0 Å². The summed E-state index contributed by atoms with van der Waals surface area (Å²) in [5.41, 5.74) is 0.694. The molecule has 0 saturated carbocycles. The zero-order valence-electron chi connectivity index (χ0n) is 13.0. The summed E-state index contributed by atoms with van der Waals surface area (Å²) in [7, 11) is 1.62. The van der Waals surface area contributed by atoms with Crippen molar-refractivity contribution in [3.63, 3.8) is 0 Å². The summed E-state index contributed by atoms with van der Waals surface area (Å²) in [5, 5.41) is 0. The lowest BCUT2D eigenvalue weighted by Gasteiger charge is -2.34. The van der Waals surface area contributed by atoms with E-state index in [0.29, 0.717) is 5.56 Å². The van der Waals surface area contributed by atoms with Crippen LogP contribution in [-0.4, -0.2) is 49.0 Å². The number of halogens is 1. The van der Waals surface area contributed by atoms with E-state index in [4.69, 9.17) is 4.74 Å². The highest BCUT2D eigenvalue weighted by Crippen LogP contribution is 2.24. The molecule has 0 N–H and O–H groups in total. The number of hydrogen-bond donors (Lipinski definition) is 0. The van der Waals surface area contributed by atoms with Gasteiger partial charge in [0.25, 0.3) is 5.91 Å². The molecule has 6 heteroatoms. The van der Waals surface area contributed by atoms with Crippen molar-refractivity contribution in [2.24, 2.45) is 0 Å². The molecule has 2 aromatic rings. The summed E-state index contributed by atoms with van der Waals surface area (Å²) in [6.07, 6.45) is 0. The number of thiophene rings is 1. The third kappa shape index (κ3) is 4.13. The standard InChI is InChI=1S/C17H19BrN2O2S/c1-22-14-4-2-3-13(11-14)17(21)20-9-7-19(8-10-20)12-15-5-6-16(18)23-15/h2-6,11H,7-10,12H2,1H3. The molecule has 1 amide bonds. The van der Waals surface area contributed by atoms with E-state index in [0.717, 1.165) is 38.5 Å². The van der Waals surface area contributed by atoms with E-state index < -0.39 is 0 Å². The highest BCUT2D eigenvalue weighted by molar-refractivity contribution is 9.11. The first kappa shape index (κ1) is 16.5. The van der Waals surface area contributed by atoms with Gasteiger partial charge in [-0.1, -0.05) is 6.07 Å². The highest BCUT2D eigenvalue weighted by atomic mass is 79.9. The van der Waals surface area contributed by atoms with Gasteiger partial charge in [-0.3, -0.25) is 9.69 Å². The summed E-state index contributed by atoms with van der Waals surface area (Å²) in [4.78, 5) is 18.3. The molecule has 0 atom stereocenters. The molecule has 1 aliphatic heterocycles. The molecule has 0 bridgehead atoms. The van der Waals surface area contributed by atoms with Crippen LogP contribution in [0.1, 0.15) is 15.2 Å². The monoisotopic (exact) mass is 394 g/mol. The lowest BCUT2D eigenvalue weighted by atomic mass is 10.1. The van der Waals surface area contributed by atoms with E-state index in [1.54, 1.807) is 24.5 Å². The van der Waals surface area contributed by atoms with Crippen molar-refractivity contribution in [1.82, 2.24) is 9.80 Å². The van der Waals surface area contributed by atoms with Crippen LogP contribution < -0.4 is 4.74 Å². The molecule has 23 heavy (non-hydrogen) atoms. The fourth-order valence-corrected chi connectivity index (χ4v) is 4.23. The lowest BCUT2D eigenvalue weighted by Crippen LogP contribution is -2.48. The Hall–Kier alpha value is -1.37. The number of benzene rings is 1. The Balaban J connectivity index is 1.56. The second kappa shape index (κ2) is 7.47. The molecule has 1 aromatic heterocycles. The summed E-state index contributed by atoms with van der Waals surface area (Å²) in [6.45, 7) is 4.30. The fourth-order valence-electron chi connectivity index (χ4n) is 2.70. The van der Waals surface area contributed by atoms with Crippen LogP contribution in [0.5, 0.6) is 5.75 Å². The molecule has 2 heterocycles. The van der Waals surface area contributed by atoms with Crippen molar-refractivity contribution in [3.05, 3.63) is 50.6 Å². The second-order valence-corrected chi connectivity index (χ2v) is 8.05. The Kier molecular flexibility index (Phi) is 5.35. The summed E-state index contributed by atoms with van der Waals surface area (Å²) in [6, 6.07) is 11.6. The average Bonchev–Trinajstić information content (AvgIpc) is 3.00. The first-order valence-electron chi connectivity index (χ1n) is 7.55. The molecule has 0 unspecified atom stereocenters. The zero-order chi connectivity index (χ0) is 16.2. The lowest BCUT2D eigenvalue weighted by molar-refractivity contribution is 0.0629. The molecular weight excluding hydrogens is 376 g/mol. The average molecular weight is 395 g/mol. The normalized spacial score (nSPS) is 15.7. The summed E-state index contributed by atoms with van der Waals surface area (Å²) >= 11 is 5.27. The third-order valence-corrected chi connectivity index (χ3v) is 5.59. The number of amides is 1. The second-order valence-electron chi connectivity index (χ2n) is 5.51. The van der Waals surface area contributed by atoms with Crippen molar-refractivity contribution in [3.8, 4) is 5.75 Å². The van der Waals surface area contributed by atoms with Crippen molar-refractivity contribution >= 4 is 33.2 Å². The molecule has 0 spiro atoms. The molecule has 0 radical (unpaired) electrons. The molecule has 1 fully saturated rings. The van der Waals surface area contributed by atoms with Gasteiger partial charge in [-0.15, -0.1) is 11.3 Å². The van der Waals surface area contributed by atoms with Crippen LogP contribution in [0.25, 0.3) is 0 Å². The summed E-state index contributed by atoms with van der Waals surface area (Å²) < 4.78 is 6.36. The van der Waals surface area contributed by atoms with E-state index >= 15 is 0 Å². The smallest absolute Gasteiger partial charge is 0.254 e.